The van der Waals surface area contributed by atoms with Gasteiger partial charge in [0.1, 0.15) is 6.61 Å². The second-order valence-electron chi connectivity index (χ2n) is 9.49. The summed E-state index contributed by atoms with van der Waals surface area (Å²) in [6, 6.07) is 10.1. The van der Waals surface area contributed by atoms with Crippen molar-refractivity contribution in [3.05, 3.63) is 52.8 Å². The molecule has 5 heteroatoms. The van der Waals surface area contributed by atoms with E-state index in [1.807, 2.05) is 44.2 Å². The molecule has 0 N–H and O–H groups in total. The van der Waals surface area contributed by atoms with E-state index < -0.39 is 0 Å². The van der Waals surface area contributed by atoms with Crippen molar-refractivity contribution in [2.45, 2.75) is 71.8 Å². The number of likely N-dealkylation sites (tertiary alicyclic amines) is 1. The van der Waals surface area contributed by atoms with Crippen LogP contribution in [0.25, 0.3) is 5.69 Å². The molecule has 0 radical (unpaired) electrons. The first-order chi connectivity index (χ1) is 15.5. The van der Waals surface area contributed by atoms with Crippen molar-refractivity contribution in [2.24, 2.45) is 5.92 Å². The summed E-state index contributed by atoms with van der Waals surface area (Å²) in [5.74, 6) is 0.231. The van der Waals surface area contributed by atoms with E-state index in [1.165, 1.54) is 25.7 Å². The first-order valence-corrected chi connectivity index (χ1v) is 12.2. The number of ether oxygens (including phenoxy) is 1. The highest BCUT2D eigenvalue weighted by Gasteiger charge is 2.23. The van der Waals surface area contributed by atoms with Crippen molar-refractivity contribution in [3.8, 4) is 5.69 Å². The summed E-state index contributed by atoms with van der Waals surface area (Å²) >= 11 is 0. The SMILES string of the molecule is Cc1cc(C(=O)CN2CCCCC2)c(C)n1-c1ccc(COC(=O)C2CCCCC2)cc1. The standard InChI is InChI=1S/C27H36N2O3/c1-20-17-25(26(30)18-28-15-7-4-8-16-28)21(2)29(20)24-13-11-22(12-14-24)19-32-27(31)23-9-5-3-6-10-23/h11-14,17,23H,3-10,15-16,18-19H2,1-2H3. The molecule has 1 aromatic carbocycles. The monoisotopic (exact) mass is 436 g/mol. The van der Waals surface area contributed by atoms with E-state index in [2.05, 4.69) is 9.47 Å². The summed E-state index contributed by atoms with van der Waals surface area (Å²) in [7, 11) is 0. The van der Waals surface area contributed by atoms with Crippen molar-refractivity contribution >= 4 is 11.8 Å². The van der Waals surface area contributed by atoms with Gasteiger partial charge in [0.25, 0.3) is 0 Å². The van der Waals surface area contributed by atoms with Crippen LogP contribution < -0.4 is 0 Å². The van der Waals surface area contributed by atoms with Gasteiger partial charge in [-0.1, -0.05) is 37.8 Å². The Morgan fingerprint density at radius 3 is 2.28 bits per heavy atom. The average molecular weight is 437 g/mol. The number of aryl methyl sites for hydroxylation is 1. The minimum atomic E-state index is -0.0530. The number of aromatic nitrogens is 1. The summed E-state index contributed by atoms with van der Waals surface area (Å²) in [4.78, 5) is 27.5. The molecule has 5 nitrogen and oxygen atoms in total. The van der Waals surface area contributed by atoms with Crippen LogP contribution in [0.3, 0.4) is 0 Å². The van der Waals surface area contributed by atoms with E-state index in [0.29, 0.717) is 13.2 Å². The lowest BCUT2D eigenvalue weighted by molar-refractivity contribution is -0.151. The topological polar surface area (TPSA) is 51.5 Å². The third-order valence-corrected chi connectivity index (χ3v) is 7.06. The first-order valence-electron chi connectivity index (χ1n) is 12.2. The summed E-state index contributed by atoms with van der Waals surface area (Å²) in [5.41, 5.74) is 4.88. The molecule has 172 valence electrons. The highest BCUT2D eigenvalue weighted by molar-refractivity contribution is 5.99. The Balaban J connectivity index is 1.40. The molecule has 2 heterocycles. The fourth-order valence-corrected chi connectivity index (χ4v) is 5.20. The zero-order valence-electron chi connectivity index (χ0n) is 19.6. The molecule has 4 rings (SSSR count). The Hall–Kier alpha value is -2.40. The van der Waals surface area contributed by atoms with Crippen LogP contribution in [0.1, 0.15) is 78.7 Å². The van der Waals surface area contributed by atoms with Gasteiger partial charge in [0, 0.05) is 22.6 Å². The predicted molar refractivity (Wildman–Crippen MR) is 126 cm³/mol. The number of benzene rings is 1. The Labute approximate surface area is 191 Å². The first kappa shape index (κ1) is 22.8. The molecule has 0 spiro atoms. The molecule has 1 saturated heterocycles. The van der Waals surface area contributed by atoms with Gasteiger partial charge in [-0.15, -0.1) is 0 Å². The molecule has 0 unspecified atom stereocenters. The van der Waals surface area contributed by atoms with Gasteiger partial charge in [-0.25, -0.2) is 0 Å². The van der Waals surface area contributed by atoms with E-state index in [-0.39, 0.29) is 17.7 Å². The minimum absolute atomic E-state index is 0.0530. The number of Topliss-reactive ketones (excluding diaryl/α,β-unsaturated/α-hetero) is 1. The third-order valence-electron chi connectivity index (χ3n) is 7.06. The van der Waals surface area contributed by atoms with Gasteiger partial charge in [0.05, 0.1) is 12.5 Å². The van der Waals surface area contributed by atoms with E-state index in [9.17, 15) is 9.59 Å². The van der Waals surface area contributed by atoms with E-state index in [0.717, 1.165) is 67.0 Å². The Bertz CT molecular complexity index is 933. The number of piperidine rings is 1. The van der Waals surface area contributed by atoms with Crippen molar-refractivity contribution in [1.82, 2.24) is 9.47 Å². The zero-order chi connectivity index (χ0) is 22.5. The number of ketones is 1. The van der Waals surface area contributed by atoms with Crippen LogP contribution in [0.4, 0.5) is 0 Å². The van der Waals surface area contributed by atoms with Crippen LogP contribution in [-0.4, -0.2) is 40.9 Å². The van der Waals surface area contributed by atoms with Gasteiger partial charge in [-0.3, -0.25) is 14.5 Å². The lowest BCUT2D eigenvalue weighted by Crippen LogP contribution is -2.34. The number of nitrogens with zero attached hydrogens (tertiary/aromatic N) is 2. The minimum Gasteiger partial charge on any atom is -0.461 e. The zero-order valence-corrected chi connectivity index (χ0v) is 19.6. The molecule has 32 heavy (non-hydrogen) atoms. The van der Waals surface area contributed by atoms with Crippen LogP contribution >= 0.6 is 0 Å². The maximum atomic E-state index is 13.0. The van der Waals surface area contributed by atoms with Crippen molar-refractivity contribution in [2.75, 3.05) is 19.6 Å². The molecule has 1 aliphatic heterocycles. The lowest BCUT2D eigenvalue weighted by Gasteiger charge is -2.25. The second-order valence-corrected chi connectivity index (χ2v) is 9.49. The number of carbonyl (C=O) groups is 2. The smallest absolute Gasteiger partial charge is 0.309 e. The molecule has 0 atom stereocenters. The van der Waals surface area contributed by atoms with Gasteiger partial charge >= 0.3 is 5.97 Å². The van der Waals surface area contributed by atoms with Gasteiger partial charge in [-0.2, -0.15) is 0 Å². The molecule has 0 bridgehead atoms. The number of hydrogen-bond acceptors (Lipinski definition) is 4. The number of carbonyl (C=O) groups excluding carboxylic acids is 2. The van der Waals surface area contributed by atoms with Crippen LogP contribution in [0.2, 0.25) is 0 Å². The number of esters is 1. The number of rotatable bonds is 7. The van der Waals surface area contributed by atoms with E-state index in [1.54, 1.807) is 0 Å². The van der Waals surface area contributed by atoms with Gasteiger partial charge in [0.2, 0.25) is 0 Å². The largest absolute Gasteiger partial charge is 0.461 e. The van der Waals surface area contributed by atoms with Crippen LogP contribution in [0.5, 0.6) is 0 Å². The molecule has 1 saturated carbocycles. The highest BCUT2D eigenvalue weighted by Crippen LogP contribution is 2.26. The van der Waals surface area contributed by atoms with Gasteiger partial charge < -0.3 is 9.30 Å². The predicted octanol–water partition coefficient (Wildman–Crippen LogP) is 5.39. The summed E-state index contributed by atoms with van der Waals surface area (Å²) in [6.07, 6.45) is 9.07. The molecule has 2 aromatic rings. The summed E-state index contributed by atoms with van der Waals surface area (Å²) < 4.78 is 7.71. The van der Waals surface area contributed by atoms with Crippen LogP contribution in [0.15, 0.2) is 30.3 Å². The molecule has 0 amide bonds. The molecular formula is C27H36N2O3. The van der Waals surface area contributed by atoms with Crippen LogP contribution in [0, 0.1) is 19.8 Å². The van der Waals surface area contributed by atoms with Crippen molar-refractivity contribution < 1.29 is 14.3 Å². The molecule has 1 aromatic heterocycles. The molecular weight excluding hydrogens is 400 g/mol. The van der Waals surface area contributed by atoms with Gasteiger partial charge in [-0.05, 0) is 76.4 Å². The van der Waals surface area contributed by atoms with Crippen LogP contribution in [-0.2, 0) is 16.1 Å². The van der Waals surface area contributed by atoms with E-state index in [4.69, 9.17) is 4.74 Å². The van der Waals surface area contributed by atoms with E-state index >= 15 is 0 Å². The Morgan fingerprint density at radius 2 is 1.59 bits per heavy atom. The average Bonchev–Trinajstić information content (AvgIpc) is 3.13. The fraction of sp³-hybridized carbons (Fsp3) is 0.556. The quantitative estimate of drug-likeness (QED) is 0.432. The summed E-state index contributed by atoms with van der Waals surface area (Å²) in [6.45, 7) is 6.95. The Kier molecular flexibility index (Phi) is 7.46. The second kappa shape index (κ2) is 10.5. The third kappa shape index (κ3) is 5.32. The lowest BCUT2D eigenvalue weighted by atomic mass is 9.89. The van der Waals surface area contributed by atoms with Crippen molar-refractivity contribution in [1.29, 1.82) is 0 Å². The van der Waals surface area contributed by atoms with Crippen molar-refractivity contribution in [3.63, 3.8) is 0 Å². The molecule has 2 fully saturated rings. The fourth-order valence-electron chi connectivity index (χ4n) is 5.20. The maximum Gasteiger partial charge on any atom is 0.309 e. The molecule has 1 aliphatic carbocycles. The highest BCUT2D eigenvalue weighted by atomic mass is 16.5. The maximum absolute atomic E-state index is 13.0. The Morgan fingerprint density at radius 1 is 0.938 bits per heavy atom. The molecule has 2 aliphatic rings. The normalized spacial score (nSPS) is 17.9. The van der Waals surface area contributed by atoms with Gasteiger partial charge in [0.15, 0.2) is 5.78 Å². The number of hydrogen-bond donors (Lipinski definition) is 0. The summed E-state index contributed by atoms with van der Waals surface area (Å²) in [5, 5.41) is 0.